The number of aryl methyl sites for hydroxylation is 1. The van der Waals surface area contributed by atoms with Gasteiger partial charge >= 0.3 is 0 Å². The van der Waals surface area contributed by atoms with Crippen molar-refractivity contribution in [2.75, 3.05) is 52.3 Å². The predicted octanol–water partition coefficient (Wildman–Crippen LogP) is 3.27. The third-order valence-electron chi connectivity index (χ3n) is 5.96. The Morgan fingerprint density at radius 2 is 1.65 bits per heavy atom. The lowest BCUT2D eigenvalue weighted by Crippen LogP contribution is -2.47. The number of methoxy groups -OCH3 is 1. The first-order chi connectivity index (χ1) is 17.8. The summed E-state index contributed by atoms with van der Waals surface area (Å²) in [6.45, 7) is 5.43. The van der Waals surface area contributed by atoms with Crippen LogP contribution < -0.4 is 14.8 Å². The van der Waals surface area contributed by atoms with Gasteiger partial charge in [-0.25, -0.2) is 0 Å². The molecular weight excluding hydrogens is 474 g/mol. The number of carbonyl (C=O) groups excluding carboxylic acids is 2. The third kappa shape index (κ3) is 7.08. The van der Waals surface area contributed by atoms with Crippen LogP contribution in [0.2, 0.25) is 0 Å². The number of anilines is 1. The van der Waals surface area contributed by atoms with Gasteiger partial charge in [0.1, 0.15) is 23.4 Å². The number of nitrogens with zero attached hydrogens (tertiary/aromatic N) is 4. The van der Waals surface area contributed by atoms with Gasteiger partial charge < -0.3 is 29.3 Å². The number of nitrogens with one attached hydrogen (secondary N) is 1. The zero-order chi connectivity index (χ0) is 26.4. The summed E-state index contributed by atoms with van der Waals surface area (Å²) in [6.07, 6.45) is 1.51. The molecular formula is C27H33N5O5. The second kappa shape index (κ2) is 11.9. The average molecular weight is 508 g/mol. The lowest BCUT2D eigenvalue weighted by Gasteiger charge is -2.32. The molecule has 0 radical (unpaired) electrons. The first kappa shape index (κ1) is 26.2. The Bertz CT molecular complexity index is 1220. The summed E-state index contributed by atoms with van der Waals surface area (Å²) < 4.78 is 18.8. The number of benzene rings is 2. The van der Waals surface area contributed by atoms with Gasteiger partial charge in [0, 0.05) is 69.8 Å². The van der Waals surface area contributed by atoms with Crippen molar-refractivity contribution < 1.29 is 23.8 Å². The second-order valence-corrected chi connectivity index (χ2v) is 9.13. The van der Waals surface area contributed by atoms with Crippen molar-refractivity contribution >= 4 is 17.6 Å². The van der Waals surface area contributed by atoms with E-state index < -0.39 is 0 Å². The first-order valence-corrected chi connectivity index (χ1v) is 12.2. The molecule has 0 saturated carbocycles. The van der Waals surface area contributed by atoms with E-state index in [1.54, 1.807) is 73.6 Å². The molecule has 1 saturated heterocycles. The summed E-state index contributed by atoms with van der Waals surface area (Å²) in [6, 6.07) is 13.7. The van der Waals surface area contributed by atoms with Gasteiger partial charge in [-0.2, -0.15) is 5.10 Å². The van der Waals surface area contributed by atoms with E-state index in [9.17, 15) is 9.59 Å². The molecule has 2 heterocycles. The van der Waals surface area contributed by atoms with E-state index >= 15 is 0 Å². The SMILES string of the molecule is COCC(C)Oc1cc(Oc2ccc(C(=O)N3CCN(C)CC3)cc2)cc(C(=O)Nc2ccn(C)n2)c1. The molecule has 10 heteroatoms. The van der Waals surface area contributed by atoms with Crippen molar-refractivity contribution in [2.45, 2.75) is 13.0 Å². The highest BCUT2D eigenvalue weighted by Gasteiger charge is 2.20. The molecule has 4 rings (SSSR count). The normalized spacial score (nSPS) is 14.8. The van der Waals surface area contributed by atoms with Crippen LogP contribution in [0.3, 0.4) is 0 Å². The fraction of sp³-hybridized carbons (Fsp3) is 0.370. The zero-order valence-electron chi connectivity index (χ0n) is 21.6. The van der Waals surface area contributed by atoms with E-state index in [-0.39, 0.29) is 17.9 Å². The van der Waals surface area contributed by atoms with E-state index in [0.29, 0.717) is 53.9 Å². The van der Waals surface area contributed by atoms with Gasteiger partial charge in [-0.1, -0.05) is 0 Å². The van der Waals surface area contributed by atoms with Gasteiger partial charge in [0.25, 0.3) is 11.8 Å². The molecule has 2 aromatic carbocycles. The van der Waals surface area contributed by atoms with Gasteiger partial charge in [0.2, 0.25) is 0 Å². The number of aromatic nitrogens is 2. The molecule has 1 atom stereocenters. The molecule has 1 aromatic heterocycles. The van der Waals surface area contributed by atoms with Gasteiger partial charge in [-0.05, 0) is 50.4 Å². The van der Waals surface area contributed by atoms with Gasteiger partial charge in [0.05, 0.1) is 6.61 Å². The summed E-state index contributed by atoms with van der Waals surface area (Å²) in [7, 11) is 5.43. The maximum atomic E-state index is 12.9. The van der Waals surface area contributed by atoms with E-state index in [2.05, 4.69) is 22.4 Å². The predicted molar refractivity (Wildman–Crippen MR) is 139 cm³/mol. The number of amides is 2. The number of hydrogen-bond acceptors (Lipinski definition) is 7. The average Bonchev–Trinajstić information content (AvgIpc) is 3.28. The molecule has 1 aliphatic rings. The van der Waals surface area contributed by atoms with E-state index in [4.69, 9.17) is 14.2 Å². The highest BCUT2D eigenvalue weighted by atomic mass is 16.5. The quantitative estimate of drug-likeness (QED) is 0.475. The smallest absolute Gasteiger partial charge is 0.257 e. The molecule has 2 amide bonds. The largest absolute Gasteiger partial charge is 0.488 e. The molecule has 37 heavy (non-hydrogen) atoms. The molecule has 10 nitrogen and oxygen atoms in total. The van der Waals surface area contributed by atoms with Crippen LogP contribution in [-0.4, -0.2) is 84.4 Å². The van der Waals surface area contributed by atoms with Crippen LogP contribution in [-0.2, 0) is 11.8 Å². The maximum Gasteiger partial charge on any atom is 0.257 e. The molecule has 1 aliphatic heterocycles. The van der Waals surface area contributed by atoms with Crippen LogP contribution in [0, 0.1) is 0 Å². The fourth-order valence-electron chi connectivity index (χ4n) is 3.99. The number of likely N-dealkylation sites (N-methyl/N-ethyl adjacent to an activating group) is 1. The van der Waals surface area contributed by atoms with Crippen molar-refractivity contribution in [3.63, 3.8) is 0 Å². The Hall–Kier alpha value is -3.89. The molecule has 3 aromatic rings. The summed E-state index contributed by atoms with van der Waals surface area (Å²) >= 11 is 0. The molecule has 0 bridgehead atoms. The molecule has 0 spiro atoms. The molecule has 1 unspecified atom stereocenters. The Morgan fingerprint density at radius 3 is 2.30 bits per heavy atom. The van der Waals surface area contributed by atoms with Crippen LogP contribution in [0.25, 0.3) is 0 Å². The van der Waals surface area contributed by atoms with Gasteiger partial charge in [-0.15, -0.1) is 0 Å². The minimum Gasteiger partial charge on any atom is -0.488 e. The van der Waals surface area contributed by atoms with E-state index in [0.717, 1.165) is 13.1 Å². The lowest BCUT2D eigenvalue weighted by molar-refractivity contribution is 0.0664. The summed E-state index contributed by atoms with van der Waals surface area (Å²) in [5, 5.41) is 6.97. The summed E-state index contributed by atoms with van der Waals surface area (Å²) in [5.74, 6) is 1.53. The zero-order valence-corrected chi connectivity index (χ0v) is 21.6. The standard InChI is InChI=1S/C27H33N5O5/c1-19(18-35-4)36-23-15-21(26(33)28-25-9-10-31(3)29-25)16-24(17-23)37-22-7-5-20(6-8-22)27(34)32-13-11-30(2)12-14-32/h5-10,15-17,19H,11-14,18H2,1-4H3,(H,28,29,33). The Balaban J connectivity index is 1.51. The van der Waals surface area contributed by atoms with Crippen LogP contribution in [0.1, 0.15) is 27.6 Å². The van der Waals surface area contributed by atoms with Crippen molar-refractivity contribution in [1.29, 1.82) is 0 Å². The molecule has 1 N–H and O–H groups in total. The van der Waals surface area contributed by atoms with E-state index in [1.165, 1.54) is 0 Å². The molecule has 0 aliphatic carbocycles. The van der Waals surface area contributed by atoms with Crippen LogP contribution >= 0.6 is 0 Å². The number of hydrogen-bond donors (Lipinski definition) is 1. The van der Waals surface area contributed by atoms with Gasteiger partial charge in [-0.3, -0.25) is 14.3 Å². The van der Waals surface area contributed by atoms with Crippen molar-refractivity contribution in [2.24, 2.45) is 7.05 Å². The van der Waals surface area contributed by atoms with Crippen LogP contribution in [0.4, 0.5) is 5.82 Å². The minimum atomic E-state index is -0.346. The van der Waals surface area contributed by atoms with Crippen LogP contribution in [0.15, 0.2) is 54.7 Å². The lowest BCUT2D eigenvalue weighted by atomic mass is 10.1. The number of ether oxygens (including phenoxy) is 3. The number of piperazine rings is 1. The molecule has 1 fully saturated rings. The third-order valence-corrected chi connectivity index (χ3v) is 5.96. The van der Waals surface area contributed by atoms with Crippen LogP contribution in [0.5, 0.6) is 17.2 Å². The fourth-order valence-corrected chi connectivity index (χ4v) is 3.99. The summed E-state index contributed by atoms with van der Waals surface area (Å²) in [5.41, 5.74) is 0.961. The monoisotopic (exact) mass is 507 g/mol. The highest BCUT2D eigenvalue weighted by molar-refractivity contribution is 6.04. The summed E-state index contributed by atoms with van der Waals surface area (Å²) in [4.78, 5) is 29.9. The Morgan fingerprint density at radius 1 is 0.946 bits per heavy atom. The second-order valence-electron chi connectivity index (χ2n) is 9.13. The van der Waals surface area contributed by atoms with Crippen molar-refractivity contribution in [3.8, 4) is 17.2 Å². The first-order valence-electron chi connectivity index (χ1n) is 12.2. The Labute approximate surface area is 216 Å². The minimum absolute atomic E-state index is 0.00987. The topological polar surface area (TPSA) is 98.2 Å². The van der Waals surface area contributed by atoms with Crippen molar-refractivity contribution in [3.05, 3.63) is 65.9 Å². The number of carbonyl (C=O) groups is 2. The van der Waals surface area contributed by atoms with Gasteiger partial charge in [0.15, 0.2) is 5.82 Å². The highest BCUT2D eigenvalue weighted by Crippen LogP contribution is 2.29. The molecule has 196 valence electrons. The Kier molecular flexibility index (Phi) is 8.42. The number of rotatable bonds is 9. The van der Waals surface area contributed by atoms with E-state index in [1.807, 2.05) is 11.8 Å². The van der Waals surface area contributed by atoms with Crippen molar-refractivity contribution in [1.82, 2.24) is 19.6 Å². The maximum absolute atomic E-state index is 12.9.